The van der Waals surface area contributed by atoms with Crippen LogP contribution in [-0.4, -0.2) is 39.4 Å². The summed E-state index contributed by atoms with van der Waals surface area (Å²) in [7, 11) is 6.22. The number of rotatable bonds is 5. The van der Waals surface area contributed by atoms with E-state index in [1.165, 1.54) is 21.3 Å². The standard InChI is InChI=1S/C13H18N2O4S/c1-14-13(20)15-11(16)7-8-5-9(17-2)12(19-4)10(6-8)18-3/h5-6H,7H2,1-4H3,(H2,14,15,16,20). The highest BCUT2D eigenvalue weighted by molar-refractivity contribution is 7.80. The molecule has 0 aliphatic heterocycles. The zero-order valence-corrected chi connectivity index (χ0v) is 12.7. The first-order chi connectivity index (χ1) is 9.55. The molecule has 0 bridgehead atoms. The van der Waals surface area contributed by atoms with Gasteiger partial charge in [0.1, 0.15) is 0 Å². The minimum absolute atomic E-state index is 0.151. The summed E-state index contributed by atoms with van der Waals surface area (Å²) in [6.45, 7) is 0. The van der Waals surface area contributed by atoms with Crippen molar-refractivity contribution < 1.29 is 19.0 Å². The Morgan fingerprint density at radius 1 is 1.15 bits per heavy atom. The van der Waals surface area contributed by atoms with E-state index in [0.717, 1.165) is 5.56 Å². The van der Waals surface area contributed by atoms with Crippen LogP contribution in [0, 0.1) is 0 Å². The Morgan fingerprint density at radius 2 is 1.70 bits per heavy atom. The zero-order valence-electron chi connectivity index (χ0n) is 11.9. The monoisotopic (exact) mass is 298 g/mol. The first-order valence-electron chi connectivity index (χ1n) is 5.86. The van der Waals surface area contributed by atoms with E-state index in [2.05, 4.69) is 10.6 Å². The van der Waals surface area contributed by atoms with E-state index >= 15 is 0 Å². The smallest absolute Gasteiger partial charge is 0.230 e. The third-order valence-corrected chi connectivity index (χ3v) is 2.88. The van der Waals surface area contributed by atoms with Gasteiger partial charge in [-0.05, 0) is 29.9 Å². The van der Waals surface area contributed by atoms with Crippen LogP contribution in [-0.2, 0) is 11.2 Å². The van der Waals surface area contributed by atoms with Crippen LogP contribution in [0.2, 0.25) is 0 Å². The Bertz CT molecular complexity index is 480. The largest absolute Gasteiger partial charge is 0.493 e. The lowest BCUT2D eigenvalue weighted by Crippen LogP contribution is -2.37. The second-order valence-corrected chi connectivity index (χ2v) is 4.25. The maximum Gasteiger partial charge on any atom is 0.230 e. The highest BCUT2D eigenvalue weighted by Gasteiger charge is 2.15. The second-order valence-electron chi connectivity index (χ2n) is 3.84. The van der Waals surface area contributed by atoms with Gasteiger partial charge >= 0.3 is 0 Å². The Kier molecular flexibility index (Phi) is 6.05. The van der Waals surface area contributed by atoms with Crippen molar-refractivity contribution >= 4 is 23.2 Å². The summed E-state index contributed by atoms with van der Waals surface area (Å²) in [5, 5.41) is 5.51. The number of carbonyl (C=O) groups excluding carboxylic acids is 1. The average Bonchev–Trinajstić information content (AvgIpc) is 2.45. The summed E-state index contributed by atoms with van der Waals surface area (Å²) >= 11 is 4.87. The number of carbonyl (C=O) groups is 1. The van der Waals surface area contributed by atoms with Gasteiger partial charge in [0.2, 0.25) is 11.7 Å². The predicted octanol–water partition coefficient (Wildman–Crippen LogP) is 0.875. The van der Waals surface area contributed by atoms with Crippen molar-refractivity contribution in [3.63, 3.8) is 0 Å². The van der Waals surface area contributed by atoms with E-state index in [9.17, 15) is 4.79 Å². The van der Waals surface area contributed by atoms with Crippen LogP contribution < -0.4 is 24.8 Å². The highest BCUT2D eigenvalue weighted by atomic mass is 32.1. The van der Waals surface area contributed by atoms with E-state index in [1.807, 2.05) is 0 Å². The molecule has 0 radical (unpaired) electrons. The van der Waals surface area contributed by atoms with Gasteiger partial charge in [-0.1, -0.05) is 0 Å². The molecule has 0 aliphatic rings. The quantitative estimate of drug-likeness (QED) is 0.786. The molecular weight excluding hydrogens is 280 g/mol. The maximum atomic E-state index is 11.8. The van der Waals surface area contributed by atoms with Gasteiger partial charge in [-0.3, -0.25) is 4.79 Å². The van der Waals surface area contributed by atoms with Crippen LogP contribution >= 0.6 is 12.2 Å². The van der Waals surface area contributed by atoms with Crippen LogP contribution in [0.25, 0.3) is 0 Å². The third-order valence-electron chi connectivity index (χ3n) is 2.57. The van der Waals surface area contributed by atoms with Crippen LogP contribution in [0.15, 0.2) is 12.1 Å². The molecule has 0 saturated carbocycles. The number of amides is 1. The summed E-state index contributed by atoms with van der Waals surface area (Å²) < 4.78 is 15.7. The molecule has 0 spiro atoms. The number of ether oxygens (including phenoxy) is 3. The summed E-state index contributed by atoms with van der Waals surface area (Å²) in [6.07, 6.45) is 0.151. The number of hydrogen-bond acceptors (Lipinski definition) is 5. The molecule has 0 unspecified atom stereocenters. The Balaban J connectivity index is 2.96. The van der Waals surface area contributed by atoms with Gasteiger partial charge in [0.05, 0.1) is 27.8 Å². The first kappa shape index (κ1) is 16.0. The van der Waals surface area contributed by atoms with E-state index in [1.54, 1.807) is 19.2 Å². The molecule has 7 heteroatoms. The first-order valence-corrected chi connectivity index (χ1v) is 6.27. The van der Waals surface area contributed by atoms with E-state index in [-0.39, 0.29) is 17.4 Å². The van der Waals surface area contributed by atoms with E-state index in [4.69, 9.17) is 26.4 Å². The molecule has 20 heavy (non-hydrogen) atoms. The molecule has 0 aromatic heterocycles. The molecule has 1 aromatic carbocycles. The zero-order chi connectivity index (χ0) is 15.1. The molecule has 0 fully saturated rings. The normalized spacial score (nSPS) is 9.60. The molecule has 0 aliphatic carbocycles. The lowest BCUT2D eigenvalue weighted by Gasteiger charge is -2.14. The Labute approximate surface area is 123 Å². The lowest BCUT2D eigenvalue weighted by molar-refractivity contribution is -0.119. The van der Waals surface area contributed by atoms with Gasteiger partial charge in [-0.2, -0.15) is 0 Å². The molecule has 2 N–H and O–H groups in total. The summed E-state index contributed by atoms with van der Waals surface area (Å²) in [6, 6.07) is 3.45. The van der Waals surface area contributed by atoms with Crippen molar-refractivity contribution in [2.24, 2.45) is 0 Å². The van der Waals surface area contributed by atoms with Crippen LogP contribution in [0.5, 0.6) is 17.2 Å². The molecular formula is C13H18N2O4S. The number of benzene rings is 1. The molecule has 1 aromatic rings. The fraction of sp³-hybridized carbons (Fsp3) is 0.385. The molecule has 1 amide bonds. The maximum absolute atomic E-state index is 11.8. The molecule has 0 atom stereocenters. The topological polar surface area (TPSA) is 68.8 Å². The molecule has 1 rings (SSSR count). The minimum atomic E-state index is -0.223. The van der Waals surface area contributed by atoms with Crippen molar-refractivity contribution in [1.82, 2.24) is 10.6 Å². The fourth-order valence-electron chi connectivity index (χ4n) is 1.66. The van der Waals surface area contributed by atoms with Gasteiger partial charge in [-0.25, -0.2) is 0 Å². The van der Waals surface area contributed by atoms with Crippen molar-refractivity contribution in [3.8, 4) is 17.2 Å². The SMILES string of the molecule is CNC(=S)NC(=O)Cc1cc(OC)c(OC)c(OC)c1. The summed E-state index contributed by atoms with van der Waals surface area (Å²) in [5.74, 6) is 1.28. The second kappa shape index (κ2) is 7.54. The fourth-order valence-corrected chi connectivity index (χ4v) is 1.77. The third kappa shape index (κ3) is 3.99. The lowest BCUT2D eigenvalue weighted by atomic mass is 10.1. The number of thiocarbonyl (C=S) groups is 1. The van der Waals surface area contributed by atoms with Crippen molar-refractivity contribution in [1.29, 1.82) is 0 Å². The number of nitrogens with one attached hydrogen (secondary N) is 2. The molecule has 0 heterocycles. The molecule has 6 nitrogen and oxygen atoms in total. The van der Waals surface area contributed by atoms with Gasteiger partial charge in [0.15, 0.2) is 16.6 Å². The van der Waals surface area contributed by atoms with Crippen molar-refractivity contribution in [2.75, 3.05) is 28.4 Å². The Hall–Kier alpha value is -2.02. The van der Waals surface area contributed by atoms with Gasteiger partial charge in [0, 0.05) is 7.05 Å². The van der Waals surface area contributed by atoms with Crippen molar-refractivity contribution in [3.05, 3.63) is 17.7 Å². The molecule has 110 valence electrons. The summed E-state index contributed by atoms with van der Waals surface area (Å²) in [5.41, 5.74) is 0.732. The number of methoxy groups -OCH3 is 3. The average molecular weight is 298 g/mol. The van der Waals surface area contributed by atoms with Gasteiger partial charge < -0.3 is 24.8 Å². The van der Waals surface area contributed by atoms with Crippen LogP contribution in [0.3, 0.4) is 0 Å². The predicted molar refractivity (Wildman–Crippen MR) is 79.6 cm³/mol. The summed E-state index contributed by atoms with van der Waals surface area (Å²) in [4.78, 5) is 11.8. The van der Waals surface area contributed by atoms with E-state index < -0.39 is 0 Å². The van der Waals surface area contributed by atoms with E-state index in [0.29, 0.717) is 17.2 Å². The Morgan fingerprint density at radius 3 is 2.10 bits per heavy atom. The van der Waals surface area contributed by atoms with Gasteiger partial charge in [-0.15, -0.1) is 0 Å². The molecule has 0 saturated heterocycles. The number of hydrogen-bond donors (Lipinski definition) is 2. The van der Waals surface area contributed by atoms with Gasteiger partial charge in [0.25, 0.3) is 0 Å². The van der Waals surface area contributed by atoms with Crippen LogP contribution in [0.4, 0.5) is 0 Å². The van der Waals surface area contributed by atoms with Crippen molar-refractivity contribution in [2.45, 2.75) is 6.42 Å². The minimum Gasteiger partial charge on any atom is -0.493 e. The van der Waals surface area contributed by atoms with Crippen LogP contribution in [0.1, 0.15) is 5.56 Å². The highest BCUT2D eigenvalue weighted by Crippen LogP contribution is 2.38.